The summed E-state index contributed by atoms with van der Waals surface area (Å²) in [5, 5.41) is 4.09. The van der Waals surface area contributed by atoms with Crippen LogP contribution in [0.5, 0.6) is 5.75 Å². The molecule has 0 fully saturated rings. The fraction of sp³-hybridized carbons (Fsp3) is 0.357. The highest BCUT2D eigenvalue weighted by Crippen LogP contribution is 2.28. The van der Waals surface area contributed by atoms with E-state index in [0.717, 1.165) is 12.0 Å². The van der Waals surface area contributed by atoms with Crippen LogP contribution in [-0.2, 0) is 22.5 Å². The number of aryl methyl sites for hydroxylation is 3. The van der Waals surface area contributed by atoms with Gasteiger partial charge in [-0.05, 0) is 42.7 Å². The Morgan fingerprint density at radius 1 is 1.29 bits per heavy atom. The molecule has 0 spiro atoms. The molecule has 0 aliphatic heterocycles. The van der Waals surface area contributed by atoms with Crippen LogP contribution >= 0.6 is 10.7 Å². The Morgan fingerprint density at radius 2 is 1.90 bits per heavy atom. The lowest BCUT2D eigenvalue weighted by atomic mass is 10.1. The van der Waals surface area contributed by atoms with Gasteiger partial charge in [-0.15, -0.1) is 0 Å². The molecule has 0 unspecified atom stereocenters. The van der Waals surface area contributed by atoms with Crippen LogP contribution in [0.3, 0.4) is 0 Å². The van der Waals surface area contributed by atoms with Gasteiger partial charge in [0.15, 0.2) is 0 Å². The summed E-state index contributed by atoms with van der Waals surface area (Å²) in [6, 6.07) is 3.37. The smallest absolute Gasteiger partial charge is 0.261 e. The van der Waals surface area contributed by atoms with Crippen LogP contribution in [0.15, 0.2) is 29.4 Å². The molecule has 0 aliphatic rings. The van der Waals surface area contributed by atoms with Gasteiger partial charge in [-0.25, -0.2) is 8.42 Å². The minimum Gasteiger partial charge on any atom is -0.493 e. The highest BCUT2D eigenvalue weighted by molar-refractivity contribution is 8.13. The summed E-state index contributed by atoms with van der Waals surface area (Å²) in [6.07, 6.45) is 4.47. The quantitative estimate of drug-likeness (QED) is 0.791. The maximum absolute atomic E-state index is 11.5. The molecular formula is C14H17ClN2O3S. The van der Waals surface area contributed by atoms with E-state index in [2.05, 4.69) is 5.10 Å². The normalized spacial score (nSPS) is 11.6. The van der Waals surface area contributed by atoms with E-state index in [4.69, 9.17) is 15.4 Å². The zero-order valence-electron chi connectivity index (χ0n) is 12.1. The molecule has 0 N–H and O–H groups in total. The SMILES string of the molecule is Cc1cc(OCCc2cnn(C)c2)cc(C)c1S(=O)(=O)Cl. The van der Waals surface area contributed by atoms with Crippen LogP contribution in [-0.4, -0.2) is 24.8 Å². The van der Waals surface area contributed by atoms with Crippen LogP contribution in [0.25, 0.3) is 0 Å². The first kappa shape index (κ1) is 15.9. The van der Waals surface area contributed by atoms with Crippen molar-refractivity contribution in [3.05, 3.63) is 41.2 Å². The number of ether oxygens (including phenoxy) is 1. The molecule has 2 rings (SSSR count). The lowest BCUT2D eigenvalue weighted by molar-refractivity contribution is 0.321. The Hall–Kier alpha value is -1.53. The summed E-state index contributed by atoms with van der Waals surface area (Å²) in [5.41, 5.74) is 2.26. The Balaban J connectivity index is 2.08. The van der Waals surface area contributed by atoms with Crippen molar-refractivity contribution >= 4 is 19.7 Å². The Labute approximate surface area is 128 Å². The van der Waals surface area contributed by atoms with Gasteiger partial charge in [0.05, 0.1) is 17.7 Å². The van der Waals surface area contributed by atoms with Gasteiger partial charge in [0.1, 0.15) is 5.75 Å². The zero-order valence-corrected chi connectivity index (χ0v) is 13.7. The topological polar surface area (TPSA) is 61.2 Å². The molecule has 0 bridgehead atoms. The third kappa shape index (κ3) is 3.98. The molecule has 0 radical (unpaired) electrons. The second-order valence-electron chi connectivity index (χ2n) is 4.94. The van der Waals surface area contributed by atoms with E-state index in [1.54, 1.807) is 36.9 Å². The summed E-state index contributed by atoms with van der Waals surface area (Å²) in [4.78, 5) is 0.156. The van der Waals surface area contributed by atoms with E-state index in [1.807, 2.05) is 13.2 Å². The van der Waals surface area contributed by atoms with Crippen molar-refractivity contribution in [3.8, 4) is 5.75 Å². The van der Waals surface area contributed by atoms with Gasteiger partial charge in [-0.1, -0.05) is 0 Å². The summed E-state index contributed by atoms with van der Waals surface area (Å²) in [7, 11) is 3.56. The van der Waals surface area contributed by atoms with Crippen molar-refractivity contribution in [1.29, 1.82) is 0 Å². The third-order valence-corrected chi connectivity index (χ3v) is 4.69. The Kier molecular flexibility index (Phi) is 4.58. The van der Waals surface area contributed by atoms with Crippen molar-refractivity contribution < 1.29 is 13.2 Å². The summed E-state index contributed by atoms with van der Waals surface area (Å²) >= 11 is 0. The summed E-state index contributed by atoms with van der Waals surface area (Å²) in [6.45, 7) is 3.91. The van der Waals surface area contributed by atoms with Gasteiger partial charge < -0.3 is 4.74 Å². The fourth-order valence-corrected chi connectivity index (χ4v) is 3.88. The minimum absolute atomic E-state index is 0.156. The number of hydrogen-bond donors (Lipinski definition) is 0. The molecule has 7 heteroatoms. The van der Waals surface area contributed by atoms with Crippen molar-refractivity contribution in [1.82, 2.24) is 9.78 Å². The van der Waals surface area contributed by atoms with Crippen molar-refractivity contribution in [3.63, 3.8) is 0 Å². The average Bonchev–Trinajstić information content (AvgIpc) is 2.72. The average molecular weight is 329 g/mol. The van der Waals surface area contributed by atoms with Gasteiger partial charge in [0, 0.05) is 30.3 Å². The van der Waals surface area contributed by atoms with Gasteiger partial charge in [-0.3, -0.25) is 4.68 Å². The first-order valence-electron chi connectivity index (χ1n) is 6.43. The first-order valence-corrected chi connectivity index (χ1v) is 8.74. The van der Waals surface area contributed by atoms with Gasteiger partial charge in [0.2, 0.25) is 0 Å². The van der Waals surface area contributed by atoms with E-state index in [0.29, 0.717) is 23.5 Å². The Bertz CT molecular complexity index is 730. The molecule has 0 saturated carbocycles. The standard InChI is InChI=1S/C14H17ClN2O3S/c1-10-6-13(7-11(2)14(10)21(15,18)19)20-5-4-12-8-16-17(3)9-12/h6-9H,4-5H2,1-3H3. The second kappa shape index (κ2) is 6.07. The van der Waals surface area contributed by atoms with Crippen LogP contribution < -0.4 is 4.74 Å². The summed E-state index contributed by atoms with van der Waals surface area (Å²) < 4.78 is 30.4. The predicted octanol–water partition coefficient (Wildman–Crippen LogP) is 2.59. The number of nitrogens with zero attached hydrogens (tertiary/aromatic N) is 2. The molecule has 1 heterocycles. The highest BCUT2D eigenvalue weighted by atomic mass is 35.7. The van der Waals surface area contributed by atoms with E-state index >= 15 is 0 Å². The fourth-order valence-electron chi connectivity index (χ4n) is 2.27. The number of hydrogen-bond acceptors (Lipinski definition) is 4. The molecule has 1 aromatic carbocycles. The molecule has 5 nitrogen and oxygen atoms in total. The van der Waals surface area contributed by atoms with Gasteiger partial charge in [-0.2, -0.15) is 5.10 Å². The molecule has 114 valence electrons. The van der Waals surface area contributed by atoms with E-state index in [1.165, 1.54) is 0 Å². The largest absolute Gasteiger partial charge is 0.493 e. The second-order valence-corrected chi connectivity index (χ2v) is 7.45. The molecular weight excluding hydrogens is 312 g/mol. The first-order chi connectivity index (χ1) is 9.77. The third-order valence-electron chi connectivity index (χ3n) is 3.10. The number of halogens is 1. The molecule has 1 aromatic heterocycles. The van der Waals surface area contributed by atoms with Crippen molar-refractivity contribution in [2.45, 2.75) is 25.2 Å². The maximum Gasteiger partial charge on any atom is 0.261 e. The van der Waals surface area contributed by atoms with E-state index in [9.17, 15) is 8.42 Å². The minimum atomic E-state index is -3.74. The van der Waals surface area contributed by atoms with E-state index in [-0.39, 0.29) is 4.90 Å². The molecule has 0 aliphatic carbocycles. The lowest BCUT2D eigenvalue weighted by Crippen LogP contribution is -2.04. The van der Waals surface area contributed by atoms with Crippen molar-refractivity contribution in [2.75, 3.05) is 6.61 Å². The van der Waals surface area contributed by atoms with Crippen LogP contribution in [0.4, 0.5) is 0 Å². The van der Waals surface area contributed by atoms with E-state index < -0.39 is 9.05 Å². The monoisotopic (exact) mass is 328 g/mol. The highest BCUT2D eigenvalue weighted by Gasteiger charge is 2.17. The molecule has 0 amide bonds. The Morgan fingerprint density at radius 3 is 2.38 bits per heavy atom. The van der Waals surface area contributed by atoms with Crippen LogP contribution in [0.2, 0.25) is 0 Å². The van der Waals surface area contributed by atoms with Gasteiger partial charge >= 0.3 is 0 Å². The number of benzene rings is 1. The number of aromatic nitrogens is 2. The lowest BCUT2D eigenvalue weighted by Gasteiger charge is -2.11. The summed E-state index contributed by atoms with van der Waals surface area (Å²) in [5.74, 6) is 0.637. The van der Waals surface area contributed by atoms with Crippen LogP contribution in [0, 0.1) is 13.8 Å². The molecule has 0 atom stereocenters. The predicted molar refractivity (Wildman–Crippen MR) is 81.4 cm³/mol. The number of rotatable bonds is 5. The van der Waals surface area contributed by atoms with Crippen molar-refractivity contribution in [2.24, 2.45) is 7.05 Å². The zero-order chi connectivity index (χ0) is 15.6. The van der Waals surface area contributed by atoms with Gasteiger partial charge in [0.25, 0.3) is 9.05 Å². The molecule has 2 aromatic rings. The molecule has 21 heavy (non-hydrogen) atoms. The maximum atomic E-state index is 11.5. The van der Waals surface area contributed by atoms with Crippen LogP contribution in [0.1, 0.15) is 16.7 Å². The molecule has 0 saturated heterocycles.